The first-order chi connectivity index (χ1) is 17.0. The van der Waals surface area contributed by atoms with Gasteiger partial charge in [0, 0.05) is 21.8 Å². The number of aryl methyl sites for hydroxylation is 1. The van der Waals surface area contributed by atoms with Gasteiger partial charge in [-0.25, -0.2) is 4.98 Å². The number of hydrogen-bond acceptors (Lipinski definition) is 5. The fourth-order valence-corrected chi connectivity index (χ4v) is 4.48. The normalized spacial score (nSPS) is 10.5. The van der Waals surface area contributed by atoms with Gasteiger partial charge in [0.1, 0.15) is 16.8 Å². The van der Waals surface area contributed by atoms with Gasteiger partial charge in [-0.1, -0.05) is 47.6 Å². The zero-order valence-electron chi connectivity index (χ0n) is 19.2. The van der Waals surface area contributed by atoms with E-state index in [-0.39, 0.29) is 11.7 Å². The summed E-state index contributed by atoms with van der Waals surface area (Å²) < 4.78 is 5.27. The van der Waals surface area contributed by atoms with Gasteiger partial charge >= 0.3 is 0 Å². The van der Waals surface area contributed by atoms with Crippen LogP contribution in [-0.4, -0.2) is 23.8 Å². The molecule has 0 fully saturated rings. The molecule has 0 aliphatic carbocycles. The summed E-state index contributed by atoms with van der Waals surface area (Å²) in [6.45, 7) is 1.97. The van der Waals surface area contributed by atoms with Crippen LogP contribution in [0.25, 0.3) is 22.4 Å². The number of halogens is 1. The van der Waals surface area contributed by atoms with Crippen LogP contribution in [0.15, 0.2) is 83.9 Å². The average molecular weight is 500 g/mol. The Morgan fingerprint density at radius 2 is 1.77 bits per heavy atom. The zero-order valence-corrected chi connectivity index (χ0v) is 20.8. The number of ether oxygens (including phenoxy) is 1. The molecule has 0 saturated carbocycles. The first kappa shape index (κ1) is 24.3. The van der Waals surface area contributed by atoms with Crippen molar-refractivity contribution < 1.29 is 9.53 Å². The van der Waals surface area contributed by atoms with Crippen LogP contribution in [0.4, 0.5) is 5.69 Å². The van der Waals surface area contributed by atoms with E-state index in [9.17, 15) is 10.1 Å². The summed E-state index contributed by atoms with van der Waals surface area (Å²) in [7, 11) is 1.62. The Morgan fingerprint density at radius 3 is 2.43 bits per heavy atom. The number of aromatic nitrogens is 1. The van der Waals surface area contributed by atoms with Gasteiger partial charge in [-0.3, -0.25) is 4.79 Å². The Balaban J connectivity index is 1.69. The summed E-state index contributed by atoms with van der Waals surface area (Å²) >= 11 is 7.32. The molecule has 0 saturated heterocycles. The zero-order chi connectivity index (χ0) is 24.8. The van der Waals surface area contributed by atoms with E-state index in [0.29, 0.717) is 21.3 Å². The van der Waals surface area contributed by atoms with Gasteiger partial charge in [0.05, 0.1) is 24.1 Å². The van der Waals surface area contributed by atoms with E-state index in [0.717, 1.165) is 33.7 Å². The maximum absolute atomic E-state index is 12.6. The van der Waals surface area contributed by atoms with Crippen molar-refractivity contribution in [1.29, 1.82) is 5.26 Å². The average Bonchev–Trinajstić information content (AvgIpc) is 2.87. The summed E-state index contributed by atoms with van der Waals surface area (Å²) in [5, 5.41) is 14.0. The van der Waals surface area contributed by atoms with Gasteiger partial charge in [0.15, 0.2) is 0 Å². The van der Waals surface area contributed by atoms with E-state index in [4.69, 9.17) is 21.3 Å². The van der Waals surface area contributed by atoms with E-state index in [1.165, 1.54) is 11.8 Å². The number of hydrogen-bond donors (Lipinski definition) is 1. The minimum Gasteiger partial charge on any atom is -0.497 e. The van der Waals surface area contributed by atoms with Crippen LogP contribution < -0.4 is 10.1 Å². The third-order valence-electron chi connectivity index (χ3n) is 5.28. The SMILES string of the molecule is COc1ccc(-c2cc(-c3ccc(Cl)cc3)c(C#N)c(SCC(=O)Nc3cccc(C)c3)n2)cc1. The first-order valence-corrected chi connectivity index (χ1v) is 12.2. The Kier molecular flexibility index (Phi) is 7.71. The van der Waals surface area contributed by atoms with Crippen LogP contribution in [0.1, 0.15) is 11.1 Å². The number of carbonyl (C=O) groups is 1. The lowest BCUT2D eigenvalue weighted by Crippen LogP contribution is -2.14. The second-order valence-corrected chi connectivity index (χ2v) is 9.19. The number of thioether (sulfide) groups is 1. The second-order valence-electron chi connectivity index (χ2n) is 7.79. The van der Waals surface area contributed by atoms with Crippen molar-refractivity contribution in [2.75, 3.05) is 18.2 Å². The molecule has 0 aliphatic heterocycles. The largest absolute Gasteiger partial charge is 0.497 e. The van der Waals surface area contributed by atoms with Crippen molar-refractivity contribution in [2.24, 2.45) is 0 Å². The molecule has 174 valence electrons. The van der Waals surface area contributed by atoms with Crippen molar-refractivity contribution in [1.82, 2.24) is 4.98 Å². The predicted molar refractivity (Wildman–Crippen MR) is 142 cm³/mol. The molecule has 0 radical (unpaired) electrons. The molecule has 0 atom stereocenters. The molecule has 0 unspecified atom stereocenters. The van der Waals surface area contributed by atoms with Crippen molar-refractivity contribution in [3.05, 3.63) is 95.0 Å². The Morgan fingerprint density at radius 1 is 1.06 bits per heavy atom. The molecule has 4 aromatic rings. The summed E-state index contributed by atoms with van der Waals surface area (Å²) in [5.41, 5.74) is 5.34. The van der Waals surface area contributed by atoms with E-state index >= 15 is 0 Å². The number of anilines is 1. The number of pyridine rings is 1. The third kappa shape index (κ3) is 6.02. The molecule has 0 spiro atoms. The molecule has 1 heterocycles. The van der Waals surface area contributed by atoms with E-state index in [1.807, 2.05) is 73.7 Å². The van der Waals surface area contributed by atoms with E-state index < -0.39 is 0 Å². The van der Waals surface area contributed by atoms with Crippen molar-refractivity contribution in [2.45, 2.75) is 11.9 Å². The second kappa shape index (κ2) is 11.1. The van der Waals surface area contributed by atoms with Crippen LogP contribution >= 0.6 is 23.4 Å². The number of methoxy groups -OCH3 is 1. The quantitative estimate of drug-likeness (QED) is 0.277. The van der Waals surface area contributed by atoms with Gasteiger partial charge < -0.3 is 10.1 Å². The molecule has 0 bridgehead atoms. The highest BCUT2D eigenvalue weighted by molar-refractivity contribution is 8.00. The van der Waals surface area contributed by atoms with Gasteiger partial charge in [-0.2, -0.15) is 5.26 Å². The highest BCUT2D eigenvalue weighted by atomic mass is 35.5. The summed E-state index contributed by atoms with van der Waals surface area (Å²) in [6.07, 6.45) is 0. The summed E-state index contributed by atoms with van der Waals surface area (Å²) in [6, 6.07) is 26.7. The van der Waals surface area contributed by atoms with E-state index in [1.54, 1.807) is 19.2 Å². The number of nitriles is 1. The number of rotatable bonds is 7. The van der Waals surface area contributed by atoms with Crippen molar-refractivity contribution >= 4 is 35.0 Å². The number of amides is 1. The number of nitrogens with zero attached hydrogens (tertiary/aromatic N) is 2. The molecule has 4 rings (SSSR count). The lowest BCUT2D eigenvalue weighted by Gasteiger charge is -2.13. The predicted octanol–water partition coefficient (Wildman–Crippen LogP) is 6.99. The monoisotopic (exact) mass is 499 g/mol. The van der Waals surface area contributed by atoms with Crippen LogP contribution in [0.2, 0.25) is 5.02 Å². The lowest BCUT2D eigenvalue weighted by molar-refractivity contribution is -0.113. The molecule has 35 heavy (non-hydrogen) atoms. The molecule has 7 heteroatoms. The third-order valence-corrected chi connectivity index (χ3v) is 6.51. The molecule has 1 amide bonds. The molecular formula is C28H22ClN3O2S. The van der Waals surface area contributed by atoms with Crippen LogP contribution in [0.5, 0.6) is 5.75 Å². The standard InChI is InChI=1S/C28H22ClN3O2S/c1-18-4-3-5-22(14-18)31-27(33)17-35-28-25(16-30)24(19-6-10-21(29)11-7-19)15-26(32-28)20-8-12-23(34-2)13-9-20/h3-15H,17H2,1-2H3,(H,31,33). The lowest BCUT2D eigenvalue weighted by atomic mass is 9.99. The van der Waals surface area contributed by atoms with Gasteiger partial charge in [-0.15, -0.1) is 0 Å². The van der Waals surface area contributed by atoms with Gasteiger partial charge in [-0.05, 0) is 72.6 Å². The minimum atomic E-state index is -0.172. The minimum absolute atomic E-state index is 0.113. The molecule has 3 aromatic carbocycles. The Hall–Kier alpha value is -3.79. The molecule has 1 aromatic heterocycles. The topological polar surface area (TPSA) is 75.0 Å². The first-order valence-electron chi connectivity index (χ1n) is 10.8. The number of nitrogens with one attached hydrogen (secondary N) is 1. The number of benzene rings is 3. The summed E-state index contributed by atoms with van der Waals surface area (Å²) in [4.78, 5) is 17.4. The highest BCUT2D eigenvalue weighted by Crippen LogP contribution is 2.35. The molecular weight excluding hydrogens is 478 g/mol. The van der Waals surface area contributed by atoms with Crippen LogP contribution in [0.3, 0.4) is 0 Å². The molecule has 0 aliphatic rings. The van der Waals surface area contributed by atoms with Crippen molar-refractivity contribution in [3.63, 3.8) is 0 Å². The van der Waals surface area contributed by atoms with E-state index in [2.05, 4.69) is 11.4 Å². The molecule has 1 N–H and O–H groups in total. The fourth-order valence-electron chi connectivity index (χ4n) is 3.55. The van der Waals surface area contributed by atoms with Crippen LogP contribution in [0, 0.1) is 18.3 Å². The summed E-state index contributed by atoms with van der Waals surface area (Å²) in [5.74, 6) is 0.679. The maximum atomic E-state index is 12.6. The number of carbonyl (C=O) groups excluding carboxylic acids is 1. The van der Waals surface area contributed by atoms with Crippen LogP contribution in [-0.2, 0) is 4.79 Å². The van der Waals surface area contributed by atoms with Gasteiger partial charge in [0.2, 0.25) is 5.91 Å². The Bertz CT molecular complexity index is 1400. The van der Waals surface area contributed by atoms with Crippen molar-refractivity contribution in [3.8, 4) is 34.2 Å². The Labute approximate surface area is 213 Å². The highest BCUT2D eigenvalue weighted by Gasteiger charge is 2.17. The smallest absolute Gasteiger partial charge is 0.234 e. The molecule has 5 nitrogen and oxygen atoms in total. The van der Waals surface area contributed by atoms with Gasteiger partial charge in [0.25, 0.3) is 0 Å². The fraction of sp³-hybridized carbons (Fsp3) is 0.107. The maximum Gasteiger partial charge on any atom is 0.234 e.